The number of aromatic nitrogens is 3. The van der Waals surface area contributed by atoms with E-state index >= 15 is 0 Å². The highest BCUT2D eigenvalue weighted by Crippen LogP contribution is 2.20. The van der Waals surface area contributed by atoms with Gasteiger partial charge < -0.3 is 10.0 Å². The van der Waals surface area contributed by atoms with E-state index in [4.69, 9.17) is 5.11 Å². The van der Waals surface area contributed by atoms with Crippen LogP contribution in [-0.4, -0.2) is 43.2 Å². The van der Waals surface area contributed by atoms with E-state index in [-0.39, 0.29) is 12.3 Å². The molecule has 3 rings (SSSR count). The molecule has 3 heterocycles. The van der Waals surface area contributed by atoms with E-state index in [2.05, 4.69) is 10.1 Å². The Balaban J connectivity index is 1.69. The molecular weight excluding hydrogens is 340 g/mol. The fourth-order valence-corrected chi connectivity index (χ4v) is 4.01. The molecule has 1 N–H and O–H groups in total. The quantitative estimate of drug-likeness (QED) is 0.878. The van der Waals surface area contributed by atoms with Crippen LogP contribution in [0.25, 0.3) is 0 Å². The van der Waals surface area contributed by atoms with Gasteiger partial charge in [-0.05, 0) is 26.3 Å². The number of fused-ring (bicyclic) bond motifs is 1. The molecule has 0 radical (unpaired) electrons. The average molecular weight is 362 g/mol. The van der Waals surface area contributed by atoms with Crippen LogP contribution >= 0.6 is 11.3 Å². The van der Waals surface area contributed by atoms with Gasteiger partial charge in [-0.3, -0.25) is 14.3 Å². The second kappa shape index (κ2) is 7.35. The second-order valence-electron chi connectivity index (χ2n) is 6.33. The molecule has 0 fully saturated rings. The Morgan fingerprint density at radius 3 is 2.80 bits per heavy atom. The van der Waals surface area contributed by atoms with Gasteiger partial charge in [-0.15, -0.1) is 11.3 Å². The maximum atomic E-state index is 12.7. The van der Waals surface area contributed by atoms with Crippen LogP contribution in [-0.2, 0) is 35.5 Å². The summed E-state index contributed by atoms with van der Waals surface area (Å²) in [6, 6.07) is 1.93. The molecule has 8 heteroatoms. The Kier molecular flexibility index (Phi) is 5.17. The summed E-state index contributed by atoms with van der Waals surface area (Å²) in [5.41, 5.74) is 2.69. The number of rotatable bonds is 5. The number of carbonyl (C=O) groups is 2. The van der Waals surface area contributed by atoms with Crippen molar-refractivity contribution in [3.8, 4) is 0 Å². The number of carboxylic acid groups (broad SMARTS) is 1. The summed E-state index contributed by atoms with van der Waals surface area (Å²) in [6.07, 6.45) is 1.72. The van der Waals surface area contributed by atoms with E-state index < -0.39 is 5.97 Å². The summed E-state index contributed by atoms with van der Waals surface area (Å²) in [5, 5.41) is 14.3. The van der Waals surface area contributed by atoms with Crippen LogP contribution in [0.5, 0.6) is 0 Å². The van der Waals surface area contributed by atoms with Crippen LogP contribution in [0.3, 0.4) is 0 Å². The molecule has 7 nitrogen and oxygen atoms in total. The molecule has 25 heavy (non-hydrogen) atoms. The van der Waals surface area contributed by atoms with Crippen molar-refractivity contribution in [3.63, 3.8) is 0 Å². The summed E-state index contributed by atoms with van der Waals surface area (Å²) in [6.45, 7) is 5.89. The fraction of sp³-hybridized carbons (Fsp3) is 0.529. The molecule has 0 atom stereocenters. The van der Waals surface area contributed by atoms with E-state index in [9.17, 15) is 9.59 Å². The fourth-order valence-electron chi connectivity index (χ4n) is 3.08. The smallest absolute Gasteiger partial charge is 0.303 e. The van der Waals surface area contributed by atoms with Crippen molar-refractivity contribution in [2.75, 3.05) is 6.54 Å². The Labute approximate surface area is 150 Å². The zero-order chi connectivity index (χ0) is 18.0. The van der Waals surface area contributed by atoms with Gasteiger partial charge in [0.05, 0.1) is 41.5 Å². The minimum atomic E-state index is -0.824. The normalized spacial score (nSPS) is 14.2. The Morgan fingerprint density at radius 2 is 2.12 bits per heavy atom. The van der Waals surface area contributed by atoms with Crippen LogP contribution in [0, 0.1) is 13.8 Å². The number of amides is 1. The predicted octanol–water partition coefficient (Wildman–Crippen LogP) is 1.95. The van der Waals surface area contributed by atoms with Gasteiger partial charge in [0.25, 0.3) is 0 Å². The van der Waals surface area contributed by atoms with Crippen LogP contribution in [0.1, 0.15) is 39.8 Å². The predicted molar refractivity (Wildman–Crippen MR) is 93.5 cm³/mol. The highest BCUT2D eigenvalue weighted by molar-refractivity contribution is 7.11. The lowest BCUT2D eigenvalue weighted by atomic mass is 10.2. The molecule has 2 aromatic rings. The van der Waals surface area contributed by atoms with Crippen LogP contribution in [0.15, 0.2) is 6.07 Å². The molecule has 1 aliphatic rings. The lowest BCUT2D eigenvalue weighted by molar-refractivity contribution is -0.137. The first kappa shape index (κ1) is 17.6. The maximum absolute atomic E-state index is 12.7. The van der Waals surface area contributed by atoms with Gasteiger partial charge in [-0.1, -0.05) is 0 Å². The minimum Gasteiger partial charge on any atom is -0.481 e. The van der Waals surface area contributed by atoms with E-state index in [1.54, 1.807) is 11.3 Å². The zero-order valence-corrected chi connectivity index (χ0v) is 15.3. The Bertz CT molecular complexity index is 796. The highest BCUT2D eigenvalue weighted by Gasteiger charge is 2.22. The van der Waals surface area contributed by atoms with Crippen molar-refractivity contribution < 1.29 is 14.7 Å². The monoisotopic (exact) mass is 362 g/mol. The lowest BCUT2D eigenvalue weighted by Crippen LogP contribution is -2.32. The van der Waals surface area contributed by atoms with Gasteiger partial charge in [-0.25, -0.2) is 4.98 Å². The van der Waals surface area contributed by atoms with Gasteiger partial charge >= 0.3 is 5.97 Å². The second-order valence-corrected chi connectivity index (χ2v) is 7.62. The number of hydrogen-bond acceptors (Lipinski definition) is 5. The number of nitrogens with zero attached hydrogens (tertiary/aromatic N) is 4. The third-order valence-electron chi connectivity index (χ3n) is 4.32. The van der Waals surface area contributed by atoms with E-state index in [1.807, 2.05) is 29.5 Å². The molecule has 0 aliphatic carbocycles. The Morgan fingerprint density at radius 1 is 1.32 bits per heavy atom. The first-order valence-corrected chi connectivity index (χ1v) is 9.22. The molecule has 0 spiro atoms. The molecule has 0 saturated carbocycles. The van der Waals surface area contributed by atoms with Gasteiger partial charge in [-0.2, -0.15) is 5.10 Å². The summed E-state index contributed by atoms with van der Waals surface area (Å²) in [4.78, 5) is 30.7. The number of carboxylic acids is 1. The van der Waals surface area contributed by atoms with Crippen molar-refractivity contribution >= 4 is 23.2 Å². The topological polar surface area (TPSA) is 88.3 Å². The van der Waals surface area contributed by atoms with Crippen molar-refractivity contribution in [2.45, 2.75) is 52.6 Å². The molecule has 2 aromatic heterocycles. The van der Waals surface area contributed by atoms with Crippen molar-refractivity contribution in [1.82, 2.24) is 19.7 Å². The summed E-state index contributed by atoms with van der Waals surface area (Å²) in [5.74, 6) is -0.719. The number of hydrogen-bond donors (Lipinski definition) is 1. The maximum Gasteiger partial charge on any atom is 0.303 e. The first-order chi connectivity index (χ1) is 11.9. The number of aliphatic carboxylic acids is 1. The number of carbonyl (C=O) groups excluding carboxylic acids is 1. The molecule has 1 aliphatic heterocycles. The summed E-state index contributed by atoms with van der Waals surface area (Å²) >= 11 is 1.58. The molecule has 0 saturated heterocycles. The Hall–Kier alpha value is -2.22. The summed E-state index contributed by atoms with van der Waals surface area (Å²) < 4.78 is 1.91. The van der Waals surface area contributed by atoms with Crippen molar-refractivity contribution in [1.29, 1.82) is 0 Å². The van der Waals surface area contributed by atoms with Crippen LogP contribution in [0.2, 0.25) is 0 Å². The van der Waals surface area contributed by atoms with Crippen molar-refractivity contribution in [3.05, 3.63) is 33.0 Å². The molecule has 0 unspecified atom stereocenters. The molecule has 134 valence electrons. The highest BCUT2D eigenvalue weighted by atomic mass is 32.1. The van der Waals surface area contributed by atoms with E-state index in [0.29, 0.717) is 25.9 Å². The van der Waals surface area contributed by atoms with Gasteiger partial charge in [0.2, 0.25) is 5.91 Å². The largest absolute Gasteiger partial charge is 0.481 e. The van der Waals surface area contributed by atoms with Gasteiger partial charge in [0.1, 0.15) is 0 Å². The SMILES string of the molecule is Cc1nc(C)c(CC(=O)N2CCCn3nc(CCC(=O)O)cc3C2)s1. The molecule has 0 bridgehead atoms. The third-order valence-corrected chi connectivity index (χ3v) is 5.40. The lowest BCUT2D eigenvalue weighted by Gasteiger charge is -2.19. The van der Waals surface area contributed by atoms with Crippen LogP contribution in [0.4, 0.5) is 0 Å². The zero-order valence-electron chi connectivity index (χ0n) is 14.5. The summed E-state index contributed by atoms with van der Waals surface area (Å²) in [7, 11) is 0. The molecule has 0 aromatic carbocycles. The van der Waals surface area contributed by atoms with Crippen LogP contribution < -0.4 is 0 Å². The minimum absolute atomic E-state index is 0.0725. The van der Waals surface area contributed by atoms with Gasteiger partial charge in [0, 0.05) is 24.4 Å². The van der Waals surface area contributed by atoms with E-state index in [0.717, 1.165) is 39.9 Å². The average Bonchev–Trinajstić information content (AvgIpc) is 3.00. The standard InChI is InChI=1S/C17H22N4O3S/c1-11-15(25-12(2)18-11)9-16(22)20-6-3-7-21-14(10-20)8-13(19-21)4-5-17(23)24/h8H,3-7,9-10H2,1-2H3,(H,23,24). The first-order valence-electron chi connectivity index (χ1n) is 8.40. The van der Waals surface area contributed by atoms with Crippen molar-refractivity contribution in [2.24, 2.45) is 0 Å². The van der Waals surface area contributed by atoms with Gasteiger partial charge in [0.15, 0.2) is 0 Å². The molecule has 1 amide bonds. The number of aryl methyl sites for hydroxylation is 4. The third kappa shape index (κ3) is 4.25. The van der Waals surface area contributed by atoms with E-state index in [1.165, 1.54) is 0 Å². The molecular formula is C17H22N4O3S. The number of thiazole rings is 1.